The molecule has 0 saturated heterocycles. The van der Waals surface area contributed by atoms with Gasteiger partial charge >= 0.3 is 6.09 Å². The Labute approximate surface area is 130 Å². The maximum Gasteiger partial charge on any atom is 0.424 e. The van der Waals surface area contributed by atoms with Crippen molar-refractivity contribution in [3.63, 3.8) is 0 Å². The van der Waals surface area contributed by atoms with Gasteiger partial charge < -0.3 is 9.47 Å². The third-order valence-corrected chi connectivity index (χ3v) is 4.75. The number of rotatable bonds is 5. The van der Waals surface area contributed by atoms with E-state index in [1.165, 1.54) is 6.08 Å². The smallest absolute Gasteiger partial charge is 0.424 e. The second-order valence-corrected chi connectivity index (χ2v) is 6.66. The highest BCUT2D eigenvalue weighted by molar-refractivity contribution is 7.89. The zero-order valence-electron chi connectivity index (χ0n) is 12.3. The molecule has 0 saturated carbocycles. The zero-order valence-corrected chi connectivity index (χ0v) is 13.2. The number of ether oxygens (including phenoxy) is 2. The molecule has 7 heteroatoms. The van der Waals surface area contributed by atoms with E-state index < -0.39 is 22.2 Å². The van der Waals surface area contributed by atoms with Crippen molar-refractivity contribution in [1.29, 1.82) is 0 Å². The van der Waals surface area contributed by atoms with Gasteiger partial charge in [-0.05, 0) is 12.5 Å². The highest BCUT2D eigenvalue weighted by Crippen LogP contribution is 2.17. The molecule has 1 aliphatic rings. The second-order valence-electron chi connectivity index (χ2n) is 4.77. The van der Waals surface area contributed by atoms with Crippen LogP contribution in [0.4, 0.5) is 4.79 Å². The van der Waals surface area contributed by atoms with Crippen LogP contribution < -0.4 is 0 Å². The molecular formula is C15H19NO5S. The Kier molecular flexibility index (Phi) is 5.57. The minimum Gasteiger partial charge on any atom is -0.449 e. The van der Waals surface area contributed by atoms with Crippen LogP contribution in [0.1, 0.15) is 12.5 Å². The van der Waals surface area contributed by atoms with Crippen molar-refractivity contribution >= 4 is 16.1 Å². The van der Waals surface area contributed by atoms with Gasteiger partial charge in [0.15, 0.2) is 0 Å². The SMILES string of the molecule is CCOC(=O)N1C(COCc2ccccc2)C=CCS1(=O)=O. The number of benzene rings is 1. The van der Waals surface area contributed by atoms with E-state index in [0.717, 1.165) is 9.87 Å². The molecule has 1 heterocycles. The molecule has 1 unspecified atom stereocenters. The van der Waals surface area contributed by atoms with Crippen molar-refractivity contribution in [2.24, 2.45) is 0 Å². The number of carbonyl (C=O) groups is 1. The van der Waals surface area contributed by atoms with Gasteiger partial charge in [-0.25, -0.2) is 13.2 Å². The summed E-state index contributed by atoms with van der Waals surface area (Å²) in [6.07, 6.45) is 2.32. The van der Waals surface area contributed by atoms with Crippen LogP contribution in [0.5, 0.6) is 0 Å². The molecule has 6 nitrogen and oxygen atoms in total. The molecule has 1 aromatic carbocycles. The minimum absolute atomic E-state index is 0.0867. The minimum atomic E-state index is -3.70. The summed E-state index contributed by atoms with van der Waals surface area (Å²) in [6.45, 7) is 2.18. The molecule has 0 fully saturated rings. The summed E-state index contributed by atoms with van der Waals surface area (Å²) in [4.78, 5) is 11.9. The largest absolute Gasteiger partial charge is 0.449 e. The lowest BCUT2D eigenvalue weighted by molar-refractivity contribution is 0.0769. The number of carbonyl (C=O) groups excluding carboxylic acids is 1. The van der Waals surface area contributed by atoms with Crippen molar-refractivity contribution < 1.29 is 22.7 Å². The molecule has 120 valence electrons. The predicted molar refractivity (Wildman–Crippen MR) is 81.7 cm³/mol. The van der Waals surface area contributed by atoms with E-state index in [4.69, 9.17) is 9.47 Å². The molecule has 0 N–H and O–H groups in total. The first-order chi connectivity index (χ1) is 10.5. The number of sulfonamides is 1. The Morgan fingerprint density at radius 3 is 2.73 bits per heavy atom. The molecule has 1 aliphatic heterocycles. The van der Waals surface area contributed by atoms with Crippen molar-refractivity contribution in [3.05, 3.63) is 48.0 Å². The van der Waals surface area contributed by atoms with Crippen molar-refractivity contribution in [2.45, 2.75) is 19.6 Å². The normalized spacial score (nSPS) is 19.9. The van der Waals surface area contributed by atoms with E-state index in [9.17, 15) is 13.2 Å². The van der Waals surface area contributed by atoms with Crippen LogP contribution in [0, 0.1) is 0 Å². The lowest BCUT2D eigenvalue weighted by Gasteiger charge is -2.30. The van der Waals surface area contributed by atoms with Gasteiger partial charge in [0.2, 0.25) is 10.0 Å². The molecule has 0 bridgehead atoms. The Morgan fingerprint density at radius 1 is 1.32 bits per heavy atom. The van der Waals surface area contributed by atoms with Crippen LogP contribution in [-0.2, 0) is 26.1 Å². The molecule has 1 amide bonds. The van der Waals surface area contributed by atoms with Crippen LogP contribution >= 0.6 is 0 Å². The molecular weight excluding hydrogens is 306 g/mol. The van der Waals surface area contributed by atoms with Crippen LogP contribution in [-0.4, -0.2) is 43.8 Å². The summed E-state index contributed by atoms with van der Waals surface area (Å²) in [5.74, 6) is -0.207. The zero-order chi connectivity index (χ0) is 16.0. The fourth-order valence-electron chi connectivity index (χ4n) is 2.13. The molecule has 1 atom stereocenters. The standard InChI is InChI=1S/C15H19NO5S/c1-2-21-15(17)16-14(9-6-10-22(16,18)19)12-20-11-13-7-4-3-5-8-13/h3-9,14H,2,10-12H2,1H3. The molecule has 0 aromatic heterocycles. The van der Waals surface area contributed by atoms with Gasteiger partial charge in [0.25, 0.3) is 0 Å². The molecule has 0 radical (unpaired) electrons. The lowest BCUT2D eigenvalue weighted by atomic mass is 10.2. The van der Waals surface area contributed by atoms with Gasteiger partial charge in [0.05, 0.1) is 31.6 Å². The van der Waals surface area contributed by atoms with Gasteiger partial charge in [-0.3, -0.25) is 0 Å². The number of nitrogens with zero attached hydrogens (tertiary/aromatic N) is 1. The quantitative estimate of drug-likeness (QED) is 0.774. The van der Waals surface area contributed by atoms with Gasteiger partial charge in [-0.15, -0.1) is 0 Å². The lowest BCUT2D eigenvalue weighted by Crippen LogP contribution is -2.48. The number of amides is 1. The summed E-state index contributed by atoms with van der Waals surface area (Å²) < 4.78 is 35.3. The van der Waals surface area contributed by atoms with E-state index in [-0.39, 0.29) is 19.0 Å². The van der Waals surface area contributed by atoms with Crippen molar-refractivity contribution in [1.82, 2.24) is 4.31 Å². The second kappa shape index (κ2) is 7.42. The van der Waals surface area contributed by atoms with Crippen LogP contribution in [0.25, 0.3) is 0 Å². The summed E-state index contributed by atoms with van der Waals surface area (Å²) in [7, 11) is -3.70. The van der Waals surface area contributed by atoms with Crippen LogP contribution in [0.15, 0.2) is 42.5 Å². The topological polar surface area (TPSA) is 72.9 Å². The highest BCUT2D eigenvalue weighted by Gasteiger charge is 2.36. The van der Waals surface area contributed by atoms with Gasteiger partial charge in [-0.2, -0.15) is 4.31 Å². The van der Waals surface area contributed by atoms with E-state index in [0.29, 0.717) is 6.61 Å². The van der Waals surface area contributed by atoms with E-state index in [1.54, 1.807) is 13.0 Å². The van der Waals surface area contributed by atoms with Gasteiger partial charge in [0, 0.05) is 0 Å². The monoisotopic (exact) mass is 325 g/mol. The summed E-state index contributed by atoms with van der Waals surface area (Å²) in [5.41, 5.74) is 0.979. The third kappa shape index (κ3) is 4.08. The third-order valence-electron chi connectivity index (χ3n) is 3.11. The fraction of sp³-hybridized carbons (Fsp3) is 0.400. The summed E-state index contributed by atoms with van der Waals surface area (Å²) in [6, 6.07) is 8.85. The van der Waals surface area contributed by atoms with E-state index >= 15 is 0 Å². The maximum absolute atomic E-state index is 12.1. The van der Waals surface area contributed by atoms with Gasteiger partial charge in [-0.1, -0.05) is 42.5 Å². The van der Waals surface area contributed by atoms with Crippen molar-refractivity contribution in [3.8, 4) is 0 Å². The number of hydrogen-bond acceptors (Lipinski definition) is 5. The Morgan fingerprint density at radius 2 is 2.05 bits per heavy atom. The van der Waals surface area contributed by atoms with E-state index in [2.05, 4.69) is 0 Å². The Hall–Kier alpha value is -1.86. The van der Waals surface area contributed by atoms with E-state index in [1.807, 2.05) is 30.3 Å². The molecule has 0 spiro atoms. The maximum atomic E-state index is 12.1. The Bertz CT molecular complexity index is 627. The fourth-order valence-corrected chi connectivity index (χ4v) is 3.47. The average Bonchev–Trinajstić information content (AvgIpc) is 2.47. The summed E-state index contributed by atoms with van der Waals surface area (Å²) in [5, 5.41) is 0. The molecule has 1 aromatic rings. The highest BCUT2D eigenvalue weighted by atomic mass is 32.2. The number of hydrogen-bond donors (Lipinski definition) is 0. The van der Waals surface area contributed by atoms with Gasteiger partial charge in [0.1, 0.15) is 0 Å². The molecule has 0 aliphatic carbocycles. The first kappa shape index (κ1) is 16.5. The molecule has 22 heavy (non-hydrogen) atoms. The Balaban J connectivity index is 2.02. The first-order valence-electron chi connectivity index (χ1n) is 7.02. The summed E-state index contributed by atoms with van der Waals surface area (Å²) >= 11 is 0. The first-order valence-corrected chi connectivity index (χ1v) is 8.62. The van der Waals surface area contributed by atoms with Crippen LogP contribution in [0.2, 0.25) is 0 Å². The average molecular weight is 325 g/mol. The van der Waals surface area contributed by atoms with Crippen molar-refractivity contribution in [2.75, 3.05) is 19.0 Å². The molecule has 2 rings (SSSR count). The predicted octanol–water partition coefficient (Wildman–Crippen LogP) is 1.93. The van der Waals surface area contributed by atoms with Crippen LogP contribution in [0.3, 0.4) is 0 Å².